The lowest BCUT2D eigenvalue weighted by Gasteiger charge is -2.32. The summed E-state index contributed by atoms with van der Waals surface area (Å²) < 4.78 is 7.18. The zero-order valence-corrected chi connectivity index (χ0v) is 16.6. The standard InChI is InChI=1S/C19H28N4O3/c1-11(2)22(12(3)4)18(24)14(7)26-19(25)16-8-15-10-21-23(13(5)6)17(15)20-9-16/h8-14H,1-7H3. The highest BCUT2D eigenvalue weighted by atomic mass is 16.5. The predicted octanol–water partition coefficient (Wildman–Crippen LogP) is 3.20. The van der Waals surface area contributed by atoms with Gasteiger partial charge in [-0.1, -0.05) is 0 Å². The number of nitrogens with zero attached hydrogens (tertiary/aromatic N) is 4. The van der Waals surface area contributed by atoms with Gasteiger partial charge in [-0.25, -0.2) is 14.5 Å². The molecule has 1 amide bonds. The van der Waals surface area contributed by atoms with Crippen molar-refractivity contribution < 1.29 is 14.3 Å². The van der Waals surface area contributed by atoms with Gasteiger partial charge >= 0.3 is 5.97 Å². The van der Waals surface area contributed by atoms with Crippen LogP contribution in [0.1, 0.15) is 64.9 Å². The van der Waals surface area contributed by atoms with Gasteiger partial charge in [-0.05, 0) is 54.5 Å². The van der Waals surface area contributed by atoms with E-state index >= 15 is 0 Å². The SMILES string of the molecule is CC(OC(=O)c1cnc2c(cnn2C(C)C)c1)C(=O)N(C(C)C)C(C)C. The maximum atomic E-state index is 12.6. The van der Waals surface area contributed by atoms with E-state index in [4.69, 9.17) is 4.74 Å². The van der Waals surface area contributed by atoms with E-state index in [0.29, 0.717) is 11.2 Å². The molecular weight excluding hydrogens is 332 g/mol. The molecule has 0 aliphatic heterocycles. The molecule has 0 aromatic carbocycles. The molecule has 0 aliphatic carbocycles. The number of esters is 1. The third-order valence-corrected chi connectivity index (χ3v) is 4.16. The minimum Gasteiger partial charge on any atom is -0.449 e. The molecule has 7 heteroatoms. The zero-order chi connectivity index (χ0) is 19.6. The number of rotatable bonds is 6. The minimum atomic E-state index is -0.860. The quantitative estimate of drug-likeness (QED) is 0.739. The lowest BCUT2D eigenvalue weighted by molar-refractivity contribution is -0.143. The molecule has 0 N–H and O–H groups in total. The molecular formula is C19H28N4O3. The molecule has 0 saturated heterocycles. The summed E-state index contributed by atoms with van der Waals surface area (Å²) in [4.78, 5) is 31.1. The van der Waals surface area contributed by atoms with Crippen LogP contribution in [0.3, 0.4) is 0 Å². The van der Waals surface area contributed by atoms with Crippen molar-refractivity contribution in [1.82, 2.24) is 19.7 Å². The summed E-state index contributed by atoms with van der Waals surface area (Å²) in [5.74, 6) is -0.768. The fourth-order valence-corrected chi connectivity index (χ4v) is 3.02. The Bertz CT molecular complexity index is 787. The predicted molar refractivity (Wildman–Crippen MR) is 99.9 cm³/mol. The normalized spacial score (nSPS) is 12.8. The van der Waals surface area contributed by atoms with Crippen molar-refractivity contribution in [2.24, 2.45) is 0 Å². The van der Waals surface area contributed by atoms with Crippen molar-refractivity contribution in [3.8, 4) is 0 Å². The summed E-state index contributed by atoms with van der Waals surface area (Å²) in [5, 5.41) is 5.05. The van der Waals surface area contributed by atoms with Crippen LogP contribution in [-0.2, 0) is 9.53 Å². The van der Waals surface area contributed by atoms with Gasteiger partial charge < -0.3 is 9.64 Å². The van der Waals surface area contributed by atoms with Gasteiger partial charge in [-0.3, -0.25) is 4.79 Å². The largest absolute Gasteiger partial charge is 0.449 e. The van der Waals surface area contributed by atoms with Crippen LogP contribution in [0.25, 0.3) is 11.0 Å². The molecule has 2 heterocycles. The molecule has 142 valence electrons. The van der Waals surface area contributed by atoms with Gasteiger partial charge in [-0.15, -0.1) is 0 Å². The van der Waals surface area contributed by atoms with Crippen LogP contribution in [0.2, 0.25) is 0 Å². The van der Waals surface area contributed by atoms with Gasteiger partial charge in [0.1, 0.15) is 0 Å². The molecule has 0 spiro atoms. The number of hydrogen-bond donors (Lipinski definition) is 0. The lowest BCUT2D eigenvalue weighted by Crippen LogP contribution is -2.47. The van der Waals surface area contributed by atoms with Crippen LogP contribution in [0.5, 0.6) is 0 Å². The van der Waals surface area contributed by atoms with E-state index < -0.39 is 12.1 Å². The number of fused-ring (bicyclic) bond motifs is 1. The first-order valence-electron chi connectivity index (χ1n) is 8.99. The van der Waals surface area contributed by atoms with Gasteiger partial charge in [-0.2, -0.15) is 5.10 Å². The van der Waals surface area contributed by atoms with Crippen molar-refractivity contribution in [2.75, 3.05) is 0 Å². The molecule has 0 saturated carbocycles. The van der Waals surface area contributed by atoms with Crippen LogP contribution < -0.4 is 0 Å². The van der Waals surface area contributed by atoms with E-state index in [-0.39, 0.29) is 24.0 Å². The Morgan fingerprint density at radius 2 is 1.65 bits per heavy atom. The van der Waals surface area contributed by atoms with Crippen molar-refractivity contribution >= 4 is 22.9 Å². The first-order chi connectivity index (χ1) is 12.1. The Labute approximate surface area is 154 Å². The Kier molecular flexibility index (Phi) is 6.00. The van der Waals surface area contributed by atoms with Crippen LogP contribution in [-0.4, -0.2) is 49.7 Å². The third kappa shape index (κ3) is 4.03. The van der Waals surface area contributed by atoms with E-state index in [2.05, 4.69) is 10.1 Å². The number of hydrogen-bond acceptors (Lipinski definition) is 5. The molecule has 1 unspecified atom stereocenters. The first-order valence-corrected chi connectivity index (χ1v) is 8.99. The van der Waals surface area contributed by atoms with E-state index in [1.165, 1.54) is 6.20 Å². The van der Waals surface area contributed by atoms with Crippen LogP contribution in [0.4, 0.5) is 0 Å². The number of amides is 1. The van der Waals surface area contributed by atoms with Crippen molar-refractivity contribution in [3.63, 3.8) is 0 Å². The van der Waals surface area contributed by atoms with Crippen LogP contribution >= 0.6 is 0 Å². The summed E-state index contributed by atoms with van der Waals surface area (Å²) in [6.45, 7) is 13.4. The zero-order valence-electron chi connectivity index (χ0n) is 16.6. The minimum absolute atomic E-state index is 0.0311. The second-order valence-electron chi connectivity index (χ2n) is 7.30. The molecule has 2 aromatic rings. The highest BCUT2D eigenvalue weighted by molar-refractivity contribution is 5.94. The van der Waals surface area contributed by atoms with Crippen molar-refractivity contribution in [3.05, 3.63) is 24.0 Å². The maximum Gasteiger partial charge on any atom is 0.340 e. The topological polar surface area (TPSA) is 77.3 Å². The van der Waals surface area contributed by atoms with Crippen molar-refractivity contribution in [2.45, 2.75) is 72.7 Å². The summed E-state index contributed by atoms with van der Waals surface area (Å²) in [7, 11) is 0. The summed E-state index contributed by atoms with van der Waals surface area (Å²) in [6, 6.07) is 1.93. The molecule has 2 rings (SSSR count). The Morgan fingerprint density at radius 3 is 2.19 bits per heavy atom. The fraction of sp³-hybridized carbons (Fsp3) is 0.579. The van der Waals surface area contributed by atoms with Gasteiger partial charge in [0.2, 0.25) is 0 Å². The van der Waals surface area contributed by atoms with Crippen LogP contribution in [0, 0.1) is 0 Å². The number of carbonyl (C=O) groups excluding carboxylic acids is 2. The Morgan fingerprint density at radius 1 is 1.04 bits per heavy atom. The maximum absolute atomic E-state index is 12.6. The average molecular weight is 360 g/mol. The number of carbonyl (C=O) groups is 2. The van der Waals surface area contributed by atoms with Crippen LogP contribution in [0.15, 0.2) is 18.5 Å². The second kappa shape index (κ2) is 7.85. The highest BCUT2D eigenvalue weighted by Gasteiger charge is 2.28. The van der Waals surface area contributed by atoms with Gasteiger partial charge in [0, 0.05) is 29.7 Å². The molecule has 0 fully saturated rings. The average Bonchev–Trinajstić information content (AvgIpc) is 2.97. The molecule has 0 bridgehead atoms. The number of aromatic nitrogens is 3. The number of pyridine rings is 1. The van der Waals surface area contributed by atoms with Gasteiger partial charge in [0.05, 0.1) is 11.8 Å². The molecule has 2 aromatic heterocycles. The second-order valence-corrected chi connectivity index (χ2v) is 7.30. The first kappa shape index (κ1) is 19.9. The lowest BCUT2D eigenvalue weighted by atomic mass is 10.2. The molecule has 0 radical (unpaired) electrons. The monoisotopic (exact) mass is 360 g/mol. The van der Waals surface area contributed by atoms with E-state index in [1.807, 2.05) is 41.5 Å². The van der Waals surface area contributed by atoms with E-state index in [1.54, 1.807) is 28.8 Å². The highest BCUT2D eigenvalue weighted by Crippen LogP contribution is 2.18. The Balaban J connectivity index is 2.16. The molecule has 7 nitrogen and oxygen atoms in total. The Hall–Kier alpha value is -2.44. The molecule has 0 aliphatic rings. The van der Waals surface area contributed by atoms with Gasteiger partial charge in [0.25, 0.3) is 5.91 Å². The van der Waals surface area contributed by atoms with Crippen molar-refractivity contribution in [1.29, 1.82) is 0 Å². The molecule has 26 heavy (non-hydrogen) atoms. The summed E-state index contributed by atoms with van der Waals surface area (Å²) in [6.07, 6.45) is 2.28. The smallest absolute Gasteiger partial charge is 0.340 e. The fourth-order valence-electron chi connectivity index (χ4n) is 3.02. The number of ether oxygens (including phenoxy) is 1. The summed E-state index contributed by atoms with van der Waals surface area (Å²) in [5.41, 5.74) is 1.02. The van der Waals surface area contributed by atoms with E-state index in [9.17, 15) is 9.59 Å². The van der Waals surface area contributed by atoms with Gasteiger partial charge in [0.15, 0.2) is 11.8 Å². The molecule has 1 atom stereocenters. The third-order valence-electron chi connectivity index (χ3n) is 4.16. The van der Waals surface area contributed by atoms with E-state index in [0.717, 1.165) is 5.39 Å². The summed E-state index contributed by atoms with van der Waals surface area (Å²) >= 11 is 0.